The van der Waals surface area contributed by atoms with E-state index in [0.717, 1.165) is 19.3 Å². The topological polar surface area (TPSA) is 95.0 Å². The average molecular weight is 322 g/mol. The van der Waals surface area contributed by atoms with Gasteiger partial charge in [-0.15, -0.1) is 0 Å². The predicted octanol–water partition coefficient (Wildman–Crippen LogP) is 1.17. The number of furan rings is 1. The number of nitrogens with zero attached hydrogens (tertiary/aromatic N) is 1. The van der Waals surface area contributed by atoms with Crippen molar-refractivity contribution in [2.24, 2.45) is 11.7 Å². The minimum Gasteiger partial charge on any atom is -0.468 e. The molecule has 0 unspecified atom stereocenters. The van der Waals surface area contributed by atoms with E-state index in [0.29, 0.717) is 37.1 Å². The molecule has 0 spiro atoms. The monoisotopic (exact) mass is 322 g/mol. The number of primary amides is 1. The fourth-order valence-electron chi connectivity index (χ4n) is 3.39. The molecule has 0 radical (unpaired) electrons. The number of methoxy groups -OCH3 is 1. The van der Waals surface area contributed by atoms with Crippen molar-refractivity contribution in [2.75, 3.05) is 20.2 Å². The Hall–Kier alpha value is -2.02. The van der Waals surface area contributed by atoms with E-state index in [9.17, 15) is 9.59 Å². The van der Waals surface area contributed by atoms with Crippen molar-refractivity contribution in [3.63, 3.8) is 0 Å². The Kier molecular flexibility index (Phi) is 4.56. The maximum Gasteiger partial charge on any atom is 0.289 e. The van der Waals surface area contributed by atoms with Crippen LogP contribution in [0.1, 0.15) is 36.2 Å². The second kappa shape index (κ2) is 6.62. The highest BCUT2D eigenvalue weighted by Gasteiger charge is 2.36. The van der Waals surface area contributed by atoms with Crippen molar-refractivity contribution in [3.8, 4) is 5.95 Å². The van der Waals surface area contributed by atoms with Gasteiger partial charge in [0.25, 0.3) is 11.9 Å². The molecular formula is C16H22N2O5. The number of carbonyl (C=O) groups is 2. The highest BCUT2D eigenvalue weighted by Crippen LogP contribution is 2.32. The number of hydrogen-bond acceptors (Lipinski definition) is 5. The molecule has 3 heterocycles. The van der Waals surface area contributed by atoms with Crippen molar-refractivity contribution in [3.05, 3.63) is 17.9 Å². The smallest absolute Gasteiger partial charge is 0.289 e. The fraction of sp³-hybridized carbons (Fsp3) is 0.625. The Morgan fingerprint density at radius 2 is 1.96 bits per heavy atom. The van der Waals surface area contributed by atoms with E-state index in [1.807, 2.05) is 0 Å². The Labute approximate surface area is 134 Å². The SMILES string of the molecule is COc1ccc(C(=O)N2CCC([C@@H]3CC[C@H](C(N)=O)O3)CC2)o1. The highest BCUT2D eigenvalue weighted by atomic mass is 16.6. The number of ether oxygens (including phenoxy) is 2. The first-order valence-corrected chi connectivity index (χ1v) is 7.96. The summed E-state index contributed by atoms with van der Waals surface area (Å²) < 4.78 is 16.0. The number of carbonyl (C=O) groups excluding carboxylic acids is 2. The number of rotatable bonds is 4. The largest absolute Gasteiger partial charge is 0.468 e. The van der Waals surface area contributed by atoms with Crippen LogP contribution in [0.15, 0.2) is 16.5 Å². The Morgan fingerprint density at radius 3 is 2.52 bits per heavy atom. The lowest BCUT2D eigenvalue weighted by Crippen LogP contribution is -2.41. The average Bonchev–Trinajstić information content (AvgIpc) is 3.23. The summed E-state index contributed by atoms with van der Waals surface area (Å²) in [5.41, 5.74) is 5.29. The van der Waals surface area contributed by atoms with Crippen LogP contribution >= 0.6 is 0 Å². The number of amides is 2. The van der Waals surface area contributed by atoms with Crippen LogP contribution in [0.3, 0.4) is 0 Å². The van der Waals surface area contributed by atoms with Crippen LogP contribution in [-0.4, -0.2) is 49.1 Å². The van der Waals surface area contributed by atoms with Crippen molar-refractivity contribution >= 4 is 11.8 Å². The molecule has 0 aromatic carbocycles. The summed E-state index contributed by atoms with van der Waals surface area (Å²) in [5.74, 6) is 0.502. The van der Waals surface area contributed by atoms with Crippen LogP contribution in [0.4, 0.5) is 0 Å². The number of hydrogen-bond donors (Lipinski definition) is 1. The van der Waals surface area contributed by atoms with Gasteiger partial charge >= 0.3 is 0 Å². The standard InChI is InChI=1S/C16H22N2O5/c1-21-14-5-4-13(23-14)16(20)18-8-6-10(7-9-18)11-2-3-12(22-11)15(17)19/h4-5,10-12H,2-3,6-9H2,1H3,(H2,17,19)/t11-,12+/m0/s1. The van der Waals surface area contributed by atoms with Crippen LogP contribution in [0.25, 0.3) is 0 Å². The Balaban J connectivity index is 1.52. The number of nitrogens with two attached hydrogens (primary N) is 1. The minimum atomic E-state index is -0.449. The summed E-state index contributed by atoms with van der Waals surface area (Å²) >= 11 is 0. The van der Waals surface area contributed by atoms with Crippen molar-refractivity contribution in [1.82, 2.24) is 4.90 Å². The summed E-state index contributed by atoms with van der Waals surface area (Å²) in [6.07, 6.45) is 2.91. The molecule has 1 aromatic rings. The summed E-state index contributed by atoms with van der Waals surface area (Å²) in [6, 6.07) is 3.26. The van der Waals surface area contributed by atoms with Crippen LogP contribution < -0.4 is 10.5 Å². The van der Waals surface area contributed by atoms with Crippen molar-refractivity contribution < 1.29 is 23.5 Å². The Bertz CT molecular complexity index is 577. The first kappa shape index (κ1) is 15.9. The first-order chi connectivity index (χ1) is 11.1. The predicted molar refractivity (Wildman–Crippen MR) is 81.0 cm³/mol. The second-order valence-corrected chi connectivity index (χ2v) is 6.10. The zero-order valence-corrected chi connectivity index (χ0v) is 13.2. The van der Waals surface area contributed by atoms with Gasteiger partial charge < -0.3 is 24.5 Å². The van der Waals surface area contributed by atoms with E-state index in [4.69, 9.17) is 19.6 Å². The maximum atomic E-state index is 12.4. The second-order valence-electron chi connectivity index (χ2n) is 6.10. The molecule has 2 saturated heterocycles. The van der Waals surface area contributed by atoms with E-state index >= 15 is 0 Å². The third-order valence-corrected chi connectivity index (χ3v) is 4.72. The lowest BCUT2D eigenvalue weighted by Gasteiger charge is -2.34. The van der Waals surface area contributed by atoms with Crippen molar-refractivity contribution in [2.45, 2.75) is 37.9 Å². The third-order valence-electron chi connectivity index (χ3n) is 4.72. The van der Waals surface area contributed by atoms with E-state index in [2.05, 4.69) is 0 Å². The molecule has 126 valence electrons. The first-order valence-electron chi connectivity index (χ1n) is 7.96. The van der Waals surface area contributed by atoms with E-state index in [1.165, 1.54) is 7.11 Å². The molecule has 2 amide bonds. The quantitative estimate of drug-likeness (QED) is 0.898. The summed E-state index contributed by atoms with van der Waals surface area (Å²) in [5, 5.41) is 0. The molecule has 2 fully saturated rings. The van der Waals surface area contributed by atoms with Gasteiger partial charge in [-0.2, -0.15) is 0 Å². The van der Waals surface area contributed by atoms with E-state index in [1.54, 1.807) is 17.0 Å². The van der Waals surface area contributed by atoms with Gasteiger partial charge in [0.15, 0.2) is 5.76 Å². The van der Waals surface area contributed by atoms with Gasteiger partial charge in [0.05, 0.1) is 13.2 Å². The van der Waals surface area contributed by atoms with Gasteiger partial charge in [-0.3, -0.25) is 9.59 Å². The molecule has 2 aliphatic heterocycles. The van der Waals surface area contributed by atoms with Gasteiger partial charge in [0, 0.05) is 19.2 Å². The molecule has 0 saturated carbocycles. The molecule has 23 heavy (non-hydrogen) atoms. The molecule has 3 rings (SSSR count). The lowest BCUT2D eigenvalue weighted by atomic mass is 9.89. The van der Waals surface area contributed by atoms with Gasteiger partial charge in [-0.1, -0.05) is 0 Å². The molecule has 7 nitrogen and oxygen atoms in total. The highest BCUT2D eigenvalue weighted by molar-refractivity contribution is 5.91. The van der Waals surface area contributed by atoms with Crippen LogP contribution in [0.2, 0.25) is 0 Å². The lowest BCUT2D eigenvalue weighted by molar-refractivity contribution is -0.130. The van der Waals surface area contributed by atoms with Crippen LogP contribution in [0.5, 0.6) is 5.95 Å². The molecular weight excluding hydrogens is 300 g/mol. The summed E-state index contributed by atoms with van der Waals surface area (Å²) in [4.78, 5) is 25.3. The maximum absolute atomic E-state index is 12.4. The zero-order valence-electron chi connectivity index (χ0n) is 13.2. The van der Waals surface area contributed by atoms with E-state index in [-0.39, 0.29) is 17.9 Å². The third kappa shape index (κ3) is 3.34. The van der Waals surface area contributed by atoms with Gasteiger partial charge in [0.1, 0.15) is 6.10 Å². The van der Waals surface area contributed by atoms with Gasteiger partial charge in [-0.05, 0) is 37.7 Å². The molecule has 7 heteroatoms. The fourth-order valence-corrected chi connectivity index (χ4v) is 3.39. The summed E-state index contributed by atoms with van der Waals surface area (Å²) in [6.45, 7) is 1.32. The van der Waals surface area contributed by atoms with Gasteiger partial charge in [0.2, 0.25) is 5.91 Å². The Morgan fingerprint density at radius 1 is 1.22 bits per heavy atom. The summed E-state index contributed by atoms with van der Waals surface area (Å²) in [7, 11) is 1.50. The molecule has 2 N–H and O–H groups in total. The number of likely N-dealkylation sites (tertiary alicyclic amines) is 1. The molecule has 1 aromatic heterocycles. The minimum absolute atomic E-state index is 0.0773. The normalized spacial score (nSPS) is 25.5. The molecule has 0 aliphatic carbocycles. The molecule has 0 bridgehead atoms. The van der Waals surface area contributed by atoms with Gasteiger partial charge in [-0.25, -0.2) is 0 Å². The van der Waals surface area contributed by atoms with E-state index < -0.39 is 6.10 Å². The van der Waals surface area contributed by atoms with Crippen LogP contribution in [-0.2, 0) is 9.53 Å². The zero-order chi connectivity index (χ0) is 16.4. The molecule has 2 aliphatic rings. The van der Waals surface area contributed by atoms with Crippen LogP contribution in [0, 0.1) is 5.92 Å². The molecule has 2 atom stereocenters. The van der Waals surface area contributed by atoms with Crippen molar-refractivity contribution in [1.29, 1.82) is 0 Å². The number of piperidine rings is 1.